The Labute approximate surface area is 168 Å². The summed E-state index contributed by atoms with van der Waals surface area (Å²) in [4.78, 5) is 38.1. The summed E-state index contributed by atoms with van der Waals surface area (Å²) in [6.45, 7) is 14.9. The quantitative estimate of drug-likeness (QED) is 0.514. The molecule has 4 fully saturated rings. The van der Waals surface area contributed by atoms with E-state index in [4.69, 9.17) is 14.2 Å². The minimum atomic E-state index is -0.834. The number of fused-ring (bicyclic) bond motifs is 1. The Bertz CT molecular complexity index is 640. The highest BCUT2D eigenvalue weighted by atomic mass is 16.6. The van der Waals surface area contributed by atoms with E-state index in [1.165, 1.54) is 0 Å². The molecule has 0 spiro atoms. The van der Waals surface area contributed by atoms with Crippen molar-refractivity contribution < 1.29 is 28.6 Å². The molecular weight excluding hydrogens is 360 g/mol. The molecule has 6 nitrogen and oxygen atoms in total. The third-order valence-corrected chi connectivity index (χ3v) is 5.50. The van der Waals surface area contributed by atoms with Crippen molar-refractivity contribution in [1.82, 2.24) is 0 Å². The lowest BCUT2D eigenvalue weighted by Crippen LogP contribution is -2.57. The molecule has 4 atom stereocenters. The van der Waals surface area contributed by atoms with Crippen LogP contribution < -0.4 is 0 Å². The largest absolute Gasteiger partial charge is 0.462 e. The summed E-state index contributed by atoms with van der Waals surface area (Å²) in [6, 6.07) is 0. The molecule has 2 saturated heterocycles. The van der Waals surface area contributed by atoms with Crippen molar-refractivity contribution in [2.75, 3.05) is 0 Å². The van der Waals surface area contributed by atoms with E-state index < -0.39 is 34.1 Å². The standard InChI is InChI=1S/C20H30O6.C2H6/c1-17(2,3)15(22)26-20-8-12-7-19(11-20,16(23)25-18(4,5)6)9-13(10-20)24-14(12)21;1-2/h12-13H,7-11H2,1-6H3;1-2H3. The number of hydrogen-bond acceptors (Lipinski definition) is 6. The third-order valence-electron chi connectivity index (χ3n) is 5.50. The third kappa shape index (κ3) is 4.52. The lowest BCUT2D eigenvalue weighted by molar-refractivity contribution is -0.204. The molecule has 4 bridgehead atoms. The van der Waals surface area contributed by atoms with E-state index in [2.05, 4.69) is 0 Å². The van der Waals surface area contributed by atoms with Crippen LogP contribution in [-0.4, -0.2) is 35.2 Å². The highest BCUT2D eigenvalue weighted by Gasteiger charge is 2.64. The van der Waals surface area contributed by atoms with E-state index in [1.807, 2.05) is 34.6 Å². The second kappa shape index (κ2) is 7.34. The average Bonchev–Trinajstić information content (AvgIpc) is 2.67. The van der Waals surface area contributed by atoms with Gasteiger partial charge in [-0.25, -0.2) is 0 Å². The summed E-state index contributed by atoms with van der Waals surface area (Å²) in [7, 11) is 0. The SMILES string of the molecule is CC.CC(C)(C)OC(=O)C12CC3CC(OC(=O)C(C)(C)C)(CC(C1)C(=O)O3)C2. The summed E-state index contributed by atoms with van der Waals surface area (Å²) in [6.07, 6.45) is 1.73. The van der Waals surface area contributed by atoms with Gasteiger partial charge >= 0.3 is 17.9 Å². The molecule has 0 N–H and O–H groups in total. The van der Waals surface area contributed by atoms with Gasteiger partial charge in [0.15, 0.2) is 0 Å². The molecule has 2 aliphatic carbocycles. The van der Waals surface area contributed by atoms with Crippen molar-refractivity contribution in [1.29, 1.82) is 0 Å². The fourth-order valence-corrected chi connectivity index (χ4v) is 4.59. The van der Waals surface area contributed by atoms with E-state index in [-0.39, 0.29) is 17.9 Å². The molecule has 0 aromatic carbocycles. The van der Waals surface area contributed by atoms with Crippen LogP contribution in [0.15, 0.2) is 0 Å². The fourth-order valence-electron chi connectivity index (χ4n) is 4.59. The van der Waals surface area contributed by atoms with Crippen LogP contribution in [0.25, 0.3) is 0 Å². The van der Waals surface area contributed by atoms with Crippen molar-refractivity contribution in [3.05, 3.63) is 0 Å². The lowest BCUT2D eigenvalue weighted by Gasteiger charge is -2.51. The van der Waals surface area contributed by atoms with Crippen molar-refractivity contribution in [2.45, 2.75) is 105 Å². The van der Waals surface area contributed by atoms with Crippen LogP contribution in [-0.2, 0) is 28.6 Å². The van der Waals surface area contributed by atoms with Crippen LogP contribution in [0.4, 0.5) is 0 Å². The maximum Gasteiger partial charge on any atom is 0.312 e. The Balaban J connectivity index is 0.00000136. The molecule has 28 heavy (non-hydrogen) atoms. The number of carbonyl (C=O) groups excluding carboxylic acids is 3. The molecule has 0 aromatic heterocycles. The molecule has 4 unspecified atom stereocenters. The summed E-state index contributed by atoms with van der Waals surface area (Å²) >= 11 is 0. The number of rotatable bonds is 2. The average molecular weight is 397 g/mol. The first kappa shape index (κ1) is 22.7. The van der Waals surface area contributed by atoms with Gasteiger partial charge in [0.1, 0.15) is 17.3 Å². The molecule has 0 radical (unpaired) electrons. The molecule has 0 aromatic rings. The van der Waals surface area contributed by atoms with Crippen LogP contribution in [0, 0.1) is 16.7 Å². The Hall–Kier alpha value is -1.59. The Morgan fingerprint density at radius 3 is 2.14 bits per heavy atom. The molecule has 4 aliphatic rings. The first-order valence-electron chi connectivity index (χ1n) is 10.4. The van der Waals surface area contributed by atoms with Gasteiger partial charge in [0.05, 0.1) is 16.7 Å². The Morgan fingerprint density at radius 2 is 1.61 bits per heavy atom. The molecule has 4 rings (SSSR count). The summed E-state index contributed by atoms with van der Waals surface area (Å²) in [5, 5.41) is 0. The molecule has 0 amide bonds. The van der Waals surface area contributed by atoms with Crippen LogP contribution in [0.2, 0.25) is 0 Å². The maximum absolute atomic E-state index is 13.1. The van der Waals surface area contributed by atoms with Crippen LogP contribution >= 0.6 is 0 Å². The van der Waals surface area contributed by atoms with E-state index in [0.717, 1.165) is 0 Å². The molecule has 160 valence electrons. The normalized spacial score (nSPS) is 33.9. The van der Waals surface area contributed by atoms with Crippen molar-refractivity contribution in [2.24, 2.45) is 16.7 Å². The molecule has 2 saturated carbocycles. The lowest BCUT2D eigenvalue weighted by atomic mass is 9.56. The monoisotopic (exact) mass is 396 g/mol. The first-order valence-corrected chi connectivity index (χ1v) is 10.4. The zero-order valence-corrected chi connectivity index (χ0v) is 18.6. The van der Waals surface area contributed by atoms with Crippen molar-refractivity contribution >= 4 is 17.9 Å². The van der Waals surface area contributed by atoms with Gasteiger partial charge in [0.2, 0.25) is 0 Å². The molecule has 2 aliphatic heterocycles. The smallest absolute Gasteiger partial charge is 0.312 e. The van der Waals surface area contributed by atoms with Gasteiger partial charge in [0.25, 0.3) is 0 Å². The number of esters is 3. The maximum atomic E-state index is 13.1. The van der Waals surface area contributed by atoms with E-state index in [1.54, 1.807) is 20.8 Å². The molecule has 2 heterocycles. The van der Waals surface area contributed by atoms with Crippen LogP contribution in [0.5, 0.6) is 0 Å². The van der Waals surface area contributed by atoms with E-state index >= 15 is 0 Å². The summed E-state index contributed by atoms with van der Waals surface area (Å²) < 4.78 is 17.2. The zero-order valence-electron chi connectivity index (χ0n) is 18.6. The van der Waals surface area contributed by atoms with Crippen molar-refractivity contribution in [3.63, 3.8) is 0 Å². The topological polar surface area (TPSA) is 78.9 Å². The Morgan fingerprint density at radius 1 is 1.00 bits per heavy atom. The summed E-state index contributed by atoms with van der Waals surface area (Å²) in [5.74, 6) is -1.34. The highest BCUT2D eigenvalue weighted by Crippen LogP contribution is 2.58. The van der Waals surface area contributed by atoms with E-state index in [9.17, 15) is 14.4 Å². The predicted octanol–water partition coefficient (Wildman–Crippen LogP) is 4.19. The van der Waals surface area contributed by atoms with Crippen LogP contribution in [0.1, 0.15) is 87.5 Å². The molecular formula is C22H36O6. The highest BCUT2D eigenvalue weighted by molar-refractivity contribution is 5.82. The van der Waals surface area contributed by atoms with Crippen LogP contribution in [0.3, 0.4) is 0 Å². The van der Waals surface area contributed by atoms with Gasteiger partial charge < -0.3 is 14.2 Å². The van der Waals surface area contributed by atoms with Gasteiger partial charge in [-0.1, -0.05) is 13.8 Å². The van der Waals surface area contributed by atoms with Crippen molar-refractivity contribution in [3.8, 4) is 0 Å². The molecule has 6 heteroatoms. The van der Waals surface area contributed by atoms with Gasteiger partial charge in [-0.05, 0) is 48.0 Å². The predicted molar refractivity (Wildman–Crippen MR) is 104 cm³/mol. The van der Waals surface area contributed by atoms with Gasteiger partial charge in [-0.2, -0.15) is 0 Å². The second-order valence-electron chi connectivity index (χ2n) is 10.4. The van der Waals surface area contributed by atoms with Gasteiger partial charge in [-0.15, -0.1) is 0 Å². The number of ether oxygens (including phenoxy) is 3. The summed E-state index contributed by atoms with van der Waals surface area (Å²) in [5.41, 5.74) is -2.93. The first-order chi connectivity index (χ1) is 12.7. The zero-order chi connectivity index (χ0) is 21.5. The number of carbonyl (C=O) groups is 3. The van der Waals surface area contributed by atoms with E-state index in [0.29, 0.717) is 32.1 Å². The van der Waals surface area contributed by atoms with Gasteiger partial charge in [0, 0.05) is 25.7 Å². The minimum Gasteiger partial charge on any atom is -0.462 e. The van der Waals surface area contributed by atoms with Gasteiger partial charge in [-0.3, -0.25) is 14.4 Å². The minimum absolute atomic E-state index is 0.284. The fraction of sp³-hybridized carbons (Fsp3) is 0.864. The Kier molecular flexibility index (Phi) is 5.95. The number of hydrogen-bond donors (Lipinski definition) is 0. The second-order valence-corrected chi connectivity index (χ2v) is 10.4.